The number of nitrogens with zero attached hydrogens (tertiary/aromatic N) is 2. The second kappa shape index (κ2) is 4.79. The summed E-state index contributed by atoms with van der Waals surface area (Å²) in [5, 5.41) is 10.5. The molecule has 1 aromatic carbocycles. The van der Waals surface area contributed by atoms with Crippen LogP contribution < -0.4 is 10.5 Å². The van der Waals surface area contributed by atoms with Gasteiger partial charge in [0.2, 0.25) is 0 Å². The molecule has 0 saturated carbocycles. The van der Waals surface area contributed by atoms with Gasteiger partial charge >= 0.3 is 0 Å². The molecule has 2 atom stereocenters. The molecular weight excluding hydrogens is 280 g/mol. The van der Waals surface area contributed by atoms with Crippen LogP contribution in [0.1, 0.15) is 30.3 Å². The third kappa shape index (κ3) is 1.96. The van der Waals surface area contributed by atoms with Crippen LogP contribution in [0.25, 0.3) is 22.3 Å². The van der Waals surface area contributed by atoms with Crippen LogP contribution in [0.3, 0.4) is 0 Å². The van der Waals surface area contributed by atoms with E-state index in [4.69, 9.17) is 10.5 Å². The summed E-state index contributed by atoms with van der Waals surface area (Å²) < 4.78 is 5.71. The van der Waals surface area contributed by atoms with Crippen molar-refractivity contribution in [2.24, 2.45) is 5.73 Å². The minimum Gasteiger partial charge on any atom is -0.491 e. The molecule has 4 N–H and O–H groups in total. The standard InChI is InChI=1S/C16H16N4O2/c1-8(21)14-5-19-15(6-18-14)13-4-10-12(20-13)3-2-9-11(17)7-22-16(9)10/h2-6,8,11,20-21H,7,17H2,1H3/t8-,11-/m1/s1. The lowest BCUT2D eigenvalue weighted by atomic mass is 10.1. The first-order valence-corrected chi connectivity index (χ1v) is 7.18. The Labute approximate surface area is 127 Å². The van der Waals surface area contributed by atoms with Crippen molar-refractivity contribution in [2.75, 3.05) is 6.61 Å². The molecule has 0 bridgehead atoms. The zero-order valence-corrected chi connectivity index (χ0v) is 12.1. The Hall–Kier alpha value is -2.44. The highest BCUT2D eigenvalue weighted by atomic mass is 16.5. The number of ether oxygens (including phenoxy) is 1. The Morgan fingerprint density at radius 1 is 1.36 bits per heavy atom. The van der Waals surface area contributed by atoms with E-state index >= 15 is 0 Å². The number of aromatic nitrogens is 3. The van der Waals surface area contributed by atoms with E-state index in [1.807, 2.05) is 18.2 Å². The van der Waals surface area contributed by atoms with Crippen molar-refractivity contribution < 1.29 is 9.84 Å². The Morgan fingerprint density at radius 3 is 2.95 bits per heavy atom. The molecule has 0 aliphatic carbocycles. The molecular formula is C16H16N4O2. The fourth-order valence-corrected chi connectivity index (χ4v) is 2.74. The lowest BCUT2D eigenvalue weighted by Gasteiger charge is -2.03. The van der Waals surface area contributed by atoms with Crippen molar-refractivity contribution in [3.8, 4) is 17.1 Å². The van der Waals surface area contributed by atoms with Crippen LogP contribution in [0.2, 0.25) is 0 Å². The maximum Gasteiger partial charge on any atom is 0.133 e. The SMILES string of the molecule is C[C@@H](O)c1cnc(-c2cc3c4c(ccc3[nH]2)[C@H](N)CO4)cn1. The molecule has 0 fully saturated rings. The average molecular weight is 296 g/mol. The van der Waals surface area contributed by atoms with Gasteiger partial charge < -0.3 is 20.6 Å². The van der Waals surface area contributed by atoms with Crippen LogP contribution in [0.15, 0.2) is 30.6 Å². The number of nitrogens with one attached hydrogen (secondary N) is 1. The fraction of sp³-hybridized carbons (Fsp3) is 0.250. The Bertz CT molecular complexity index is 839. The van der Waals surface area contributed by atoms with Crippen LogP contribution in [0.4, 0.5) is 0 Å². The van der Waals surface area contributed by atoms with Crippen molar-refractivity contribution >= 4 is 10.9 Å². The average Bonchev–Trinajstić information content (AvgIpc) is 3.11. The Kier molecular flexibility index (Phi) is 2.88. The number of fused-ring (bicyclic) bond motifs is 3. The minimum absolute atomic E-state index is 0.0668. The fourth-order valence-electron chi connectivity index (χ4n) is 2.74. The molecule has 1 aliphatic heterocycles. The van der Waals surface area contributed by atoms with Gasteiger partial charge in [0.05, 0.1) is 35.9 Å². The normalized spacial score (nSPS) is 18.2. The summed E-state index contributed by atoms with van der Waals surface area (Å²) in [6.45, 7) is 2.17. The van der Waals surface area contributed by atoms with E-state index in [2.05, 4.69) is 15.0 Å². The highest BCUT2D eigenvalue weighted by Crippen LogP contribution is 2.39. The van der Waals surface area contributed by atoms with Gasteiger partial charge in [-0.3, -0.25) is 9.97 Å². The molecule has 6 heteroatoms. The lowest BCUT2D eigenvalue weighted by Crippen LogP contribution is -2.10. The van der Waals surface area contributed by atoms with E-state index in [0.29, 0.717) is 12.3 Å². The monoisotopic (exact) mass is 296 g/mol. The van der Waals surface area contributed by atoms with Gasteiger partial charge in [-0.2, -0.15) is 0 Å². The largest absolute Gasteiger partial charge is 0.491 e. The highest BCUT2D eigenvalue weighted by Gasteiger charge is 2.23. The third-order valence-corrected chi connectivity index (χ3v) is 3.97. The second-order valence-electron chi connectivity index (χ2n) is 5.55. The molecule has 0 saturated heterocycles. The number of aliphatic hydroxyl groups excluding tert-OH is 1. The predicted octanol–water partition coefficient (Wildman–Crippen LogP) is 2.07. The van der Waals surface area contributed by atoms with Crippen molar-refractivity contribution in [1.29, 1.82) is 0 Å². The zero-order valence-electron chi connectivity index (χ0n) is 12.1. The maximum absolute atomic E-state index is 9.49. The van der Waals surface area contributed by atoms with Crippen LogP contribution in [0.5, 0.6) is 5.75 Å². The van der Waals surface area contributed by atoms with Gasteiger partial charge in [-0.1, -0.05) is 6.07 Å². The molecule has 0 radical (unpaired) electrons. The smallest absolute Gasteiger partial charge is 0.133 e. The quantitative estimate of drug-likeness (QED) is 0.672. The van der Waals surface area contributed by atoms with Crippen LogP contribution in [0, 0.1) is 0 Å². The highest BCUT2D eigenvalue weighted by molar-refractivity contribution is 5.92. The van der Waals surface area contributed by atoms with Crippen LogP contribution in [-0.4, -0.2) is 26.7 Å². The Balaban J connectivity index is 1.80. The van der Waals surface area contributed by atoms with Gasteiger partial charge in [-0.05, 0) is 19.1 Å². The van der Waals surface area contributed by atoms with Crippen LogP contribution in [-0.2, 0) is 0 Å². The molecule has 0 amide bonds. The second-order valence-corrected chi connectivity index (χ2v) is 5.55. The van der Waals surface area contributed by atoms with Gasteiger partial charge in [-0.25, -0.2) is 0 Å². The molecule has 0 spiro atoms. The molecule has 22 heavy (non-hydrogen) atoms. The van der Waals surface area contributed by atoms with E-state index in [-0.39, 0.29) is 6.04 Å². The Morgan fingerprint density at radius 2 is 2.23 bits per heavy atom. The van der Waals surface area contributed by atoms with Gasteiger partial charge in [0.1, 0.15) is 18.1 Å². The van der Waals surface area contributed by atoms with Gasteiger partial charge in [0.15, 0.2) is 0 Å². The molecule has 2 aromatic heterocycles. The summed E-state index contributed by atoms with van der Waals surface area (Å²) >= 11 is 0. The molecule has 112 valence electrons. The first kappa shape index (κ1) is 13.2. The van der Waals surface area contributed by atoms with Crippen molar-refractivity contribution in [3.05, 3.63) is 41.9 Å². The van der Waals surface area contributed by atoms with Gasteiger partial charge in [-0.15, -0.1) is 0 Å². The summed E-state index contributed by atoms with van der Waals surface area (Å²) in [5.41, 5.74) is 10.2. The molecule has 4 rings (SSSR count). The number of hydrogen-bond donors (Lipinski definition) is 3. The van der Waals surface area contributed by atoms with E-state index in [1.54, 1.807) is 19.3 Å². The number of aromatic amines is 1. The summed E-state index contributed by atoms with van der Waals surface area (Å²) in [6.07, 6.45) is 2.62. The molecule has 6 nitrogen and oxygen atoms in total. The molecule has 1 aliphatic rings. The van der Waals surface area contributed by atoms with E-state index in [0.717, 1.165) is 33.6 Å². The summed E-state index contributed by atoms with van der Waals surface area (Å²) in [7, 11) is 0. The molecule has 3 aromatic rings. The van der Waals surface area contributed by atoms with Crippen molar-refractivity contribution in [3.63, 3.8) is 0 Å². The predicted molar refractivity (Wildman–Crippen MR) is 82.4 cm³/mol. The van der Waals surface area contributed by atoms with Crippen molar-refractivity contribution in [1.82, 2.24) is 15.0 Å². The maximum atomic E-state index is 9.49. The third-order valence-electron chi connectivity index (χ3n) is 3.97. The molecule has 0 unspecified atom stereocenters. The number of hydrogen-bond acceptors (Lipinski definition) is 5. The number of rotatable bonds is 2. The zero-order chi connectivity index (χ0) is 15.3. The first-order chi connectivity index (χ1) is 10.6. The number of benzene rings is 1. The van der Waals surface area contributed by atoms with Crippen molar-refractivity contribution in [2.45, 2.75) is 19.1 Å². The summed E-state index contributed by atoms with van der Waals surface area (Å²) in [4.78, 5) is 11.9. The minimum atomic E-state index is -0.623. The number of H-pyrrole nitrogens is 1. The van der Waals surface area contributed by atoms with Gasteiger partial charge in [0.25, 0.3) is 0 Å². The first-order valence-electron chi connectivity index (χ1n) is 7.18. The number of nitrogens with two attached hydrogens (primary N) is 1. The van der Waals surface area contributed by atoms with E-state index in [1.165, 1.54) is 0 Å². The topological polar surface area (TPSA) is 97.1 Å². The van der Waals surface area contributed by atoms with E-state index < -0.39 is 6.10 Å². The van der Waals surface area contributed by atoms with E-state index in [9.17, 15) is 5.11 Å². The van der Waals surface area contributed by atoms with Crippen LogP contribution >= 0.6 is 0 Å². The summed E-state index contributed by atoms with van der Waals surface area (Å²) in [6, 6.07) is 5.93. The molecule has 3 heterocycles. The number of aliphatic hydroxyl groups is 1. The lowest BCUT2D eigenvalue weighted by molar-refractivity contribution is 0.194. The van der Waals surface area contributed by atoms with Gasteiger partial charge in [0, 0.05) is 16.5 Å². The summed E-state index contributed by atoms with van der Waals surface area (Å²) in [5.74, 6) is 0.848.